The zero-order valence-electron chi connectivity index (χ0n) is 18.2. The summed E-state index contributed by atoms with van der Waals surface area (Å²) >= 11 is 12.0. The minimum atomic E-state index is -4.98. The molecular formula is C27H15Cl2F3O4. The third-order valence-corrected chi connectivity index (χ3v) is 6.02. The largest absolute Gasteiger partial charge is 0.489 e. The van der Waals surface area contributed by atoms with Gasteiger partial charge in [0.05, 0.1) is 5.39 Å². The van der Waals surface area contributed by atoms with Crippen LogP contribution in [0.15, 0.2) is 88.1 Å². The molecule has 1 heterocycles. The van der Waals surface area contributed by atoms with Crippen LogP contribution in [-0.4, -0.2) is 0 Å². The predicted octanol–water partition coefficient (Wildman–Crippen LogP) is 8.64. The molecule has 0 spiro atoms. The zero-order chi connectivity index (χ0) is 25.4. The molecule has 4 nitrogen and oxygen atoms in total. The Bertz CT molecular complexity index is 1660. The maximum Gasteiger partial charge on any atom is 0.453 e. The fourth-order valence-corrected chi connectivity index (χ4v) is 4.14. The van der Waals surface area contributed by atoms with E-state index in [-0.39, 0.29) is 29.1 Å². The van der Waals surface area contributed by atoms with E-state index in [0.717, 1.165) is 10.8 Å². The highest BCUT2D eigenvalue weighted by molar-refractivity contribution is 6.35. The lowest BCUT2D eigenvalue weighted by atomic mass is 10.1. The number of ether oxygens (including phenoxy) is 2. The van der Waals surface area contributed by atoms with Gasteiger partial charge in [0.15, 0.2) is 0 Å². The Labute approximate surface area is 212 Å². The summed E-state index contributed by atoms with van der Waals surface area (Å²) in [7, 11) is 0. The Morgan fingerprint density at radius 1 is 0.833 bits per heavy atom. The van der Waals surface area contributed by atoms with Crippen molar-refractivity contribution in [2.75, 3.05) is 0 Å². The van der Waals surface area contributed by atoms with Crippen LogP contribution in [0.25, 0.3) is 21.7 Å². The van der Waals surface area contributed by atoms with Crippen molar-refractivity contribution in [1.29, 1.82) is 0 Å². The van der Waals surface area contributed by atoms with Gasteiger partial charge < -0.3 is 13.9 Å². The van der Waals surface area contributed by atoms with Crippen molar-refractivity contribution < 1.29 is 27.1 Å². The molecule has 0 aliphatic carbocycles. The van der Waals surface area contributed by atoms with Crippen molar-refractivity contribution in [3.8, 4) is 17.2 Å². The molecule has 4 aromatic carbocycles. The molecule has 1 aromatic heterocycles. The van der Waals surface area contributed by atoms with E-state index in [9.17, 15) is 18.0 Å². The standard InChI is InChI=1S/C27H15Cl2F3O4/c28-18-7-5-17(22(29)12-18)14-34-19-9-10-21-23(13-19)36-26(27(30,31)32)25(24(21)33)35-20-8-6-15-3-1-2-4-16(15)11-20/h1-13H,14H2. The number of halogens is 5. The first-order valence-electron chi connectivity index (χ1n) is 10.6. The van der Waals surface area contributed by atoms with Crippen LogP contribution in [0.1, 0.15) is 11.3 Å². The highest BCUT2D eigenvalue weighted by Crippen LogP contribution is 2.39. The van der Waals surface area contributed by atoms with Crippen molar-refractivity contribution in [3.63, 3.8) is 0 Å². The number of hydrogen-bond donors (Lipinski definition) is 0. The minimum Gasteiger partial charge on any atom is -0.489 e. The lowest BCUT2D eigenvalue weighted by molar-refractivity contribution is -0.154. The maximum absolute atomic E-state index is 13.9. The quantitative estimate of drug-likeness (QED) is 0.228. The zero-order valence-corrected chi connectivity index (χ0v) is 19.7. The number of fused-ring (bicyclic) bond motifs is 2. The van der Waals surface area contributed by atoms with Crippen LogP contribution < -0.4 is 14.9 Å². The molecule has 0 unspecified atom stereocenters. The first-order chi connectivity index (χ1) is 17.2. The highest BCUT2D eigenvalue weighted by Gasteiger charge is 2.40. The monoisotopic (exact) mass is 530 g/mol. The lowest BCUT2D eigenvalue weighted by Crippen LogP contribution is -2.15. The first-order valence-corrected chi connectivity index (χ1v) is 11.4. The molecule has 0 aliphatic rings. The molecule has 0 atom stereocenters. The molecule has 5 rings (SSSR count). The normalized spacial score (nSPS) is 11.7. The van der Waals surface area contributed by atoms with Gasteiger partial charge in [0.2, 0.25) is 11.2 Å². The molecule has 182 valence electrons. The lowest BCUT2D eigenvalue weighted by Gasteiger charge is -2.14. The van der Waals surface area contributed by atoms with Crippen molar-refractivity contribution in [2.45, 2.75) is 12.8 Å². The molecule has 0 saturated heterocycles. The summed E-state index contributed by atoms with van der Waals surface area (Å²) < 4.78 is 57.9. The van der Waals surface area contributed by atoms with Gasteiger partial charge in [0.1, 0.15) is 23.7 Å². The second-order valence-electron chi connectivity index (χ2n) is 7.88. The van der Waals surface area contributed by atoms with E-state index in [1.807, 2.05) is 12.1 Å². The van der Waals surface area contributed by atoms with Gasteiger partial charge in [0.25, 0.3) is 5.76 Å². The summed E-state index contributed by atoms with van der Waals surface area (Å²) in [5, 5.41) is 2.37. The van der Waals surface area contributed by atoms with Crippen LogP contribution >= 0.6 is 23.2 Å². The second kappa shape index (κ2) is 9.41. The molecule has 9 heteroatoms. The molecule has 0 fully saturated rings. The van der Waals surface area contributed by atoms with E-state index >= 15 is 0 Å². The average molecular weight is 531 g/mol. The summed E-state index contributed by atoms with van der Waals surface area (Å²) in [6.45, 7) is 0.0288. The summed E-state index contributed by atoms with van der Waals surface area (Å²) in [6.07, 6.45) is -4.98. The van der Waals surface area contributed by atoms with Gasteiger partial charge in [-0.05, 0) is 47.2 Å². The van der Waals surface area contributed by atoms with Gasteiger partial charge >= 0.3 is 6.18 Å². The van der Waals surface area contributed by atoms with E-state index in [4.69, 9.17) is 37.1 Å². The van der Waals surface area contributed by atoms with Gasteiger partial charge in [-0.25, -0.2) is 0 Å². The topological polar surface area (TPSA) is 48.7 Å². The van der Waals surface area contributed by atoms with E-state index in [1.165, 1.54) is 24.3 Å². The van der Waals surface area contributed by atoms with Crippen LogP contribution in [0.5, 0.6) is 17.2 Å². The van der Waals surface area contributed by atoms with Crippen molar-refractivity contribution in [2.24, 2.45) is 0 Å². The van der Waals surface area contributed by atoms with Crippen LogP contribution in [0, 0.1) is 0 Å². The number of hydrogen-bond acceptors (Lipinski definition) is 4. The third kappa shape index (κ3) is 4.85. The van der Waals surface area contributed by atoms with Gasteiger partial charge in [-0.1, -0.05) is 59.6 Å². The first kappa shape index (κ1) is 24.0. The Balaban J connectivity index is 1.52. The average Bonchev–Trinajstić information content (AvgIpc) is 2.84. The Hall–Kier alpha value is -3.68. The SMILES string of the molecule is O=c1c(Oc2ccc3ccccc3c2)c(C(F)(F)F)oc2cc(OCc3ccc(Cl)cc3Cl)ccc12. The van der Waals surface area contributed by atoms with Crippen LogP contribution in [0.2, 0.25) is 10.0 Å². The molecule has 0 saturated carbocycles. The summed E-state index contributed by atoms with van der Waals surface area (Å²) in [5.74, 6) is -2.21. The third-order valence-electron chi connectivity index (χ3n) is 5.43. The van der Waals surface area contributed by atoms with E-state index in [1.54, 1.807) is 42.5 Å². The molecule has 36 heavy (non-hydrogen) atoms. The molecule has 0 radical (unpaired) electrons. The fraction of sp³-hybridized carbons (Fsp3) is 0.0741. The molecule has 5 aromatic rings. The summed E-state index contributed by atoms with van der Waals surface area (Å²) in [5.41, 5.74) is -0.625. The number of benzene rings is 4. The van der Waals surface area contributed by atoms with E-state index in [2.05, 4.69) is 0 Å². The predicted molar refractivity (Wildman–Crippen MR) is 132 cm³/mol. The number of rotatable bonds is 5. The molecular weight excluding hydrogens is 516 g/mol. The van der Waals surface area contributed by atoms with Gasteiger partial charge in [0, 0.05) is 21.7 Å². The van der Waals surface area contributed by atoms with Crippen molar-refractivity contribution in [1.82, 2.24) is 0 Å². The maximum atomic E-state index is 13.9. The summed E-state index contributed by atoms with van der Waals surface area (Å²) in [6, 6.07) is 20.9. The number of alkyl halides is 3. The Morgan fingerprint density at radius 3 is 2.33 bits per heavy atom. The fourth-order valence-electron chi connectivity index (χ4n) is 3.67. The molecule has 0 N–H and O–H groups in total. The molecule has 0 aliphatic heterocycles. The highest BCUT2D eigenvalue weighted by atomic mass is 35.5. The van der Waals surface area contributed by atoms with E-state index < -0.39 is 23.1 Å². The summed E-state index contributed by atoms with van der Waals surface area (Å²) in [4.78, 5) is 13.1. The minimum absolute atomic E-state index is 0.0288. The van der Waals surface area contributed by atoms with Crippen molar-refractivity contribution >= 4 is 44.9 Å². The Kier molecular flexibility index (Phi) is 6.28. The smallest absolute Gasteiger partial charge is 0.453 e. The van der Waals surface area contributed by atoms with Gasteiger partial charge in [-0.2, -0.15) is 13.2 Å². The Morgan fingerprint density at radius 2 is 1.58 bits per heavy atom. The van der Waals surface area contributed by atoms with Gasteiger partial charge in [-0.3, -0.25) is 4.79 Å². The van der Waals surface area contributed by atoms with Crippen LogP contribution in [0.4, 0.5) is 13.2 Å². The van der Waals surface area contributed by atoms with Gasteiger partial charge in [-0.15, -0.1) is 0 Å². The second-order valence-corrected chi connectivity index (χ2v) is 8.72. The van der Waals surface area contributed by atoms with Crippen LogP contribution in [0.3, 0.4) is 0 Å². The molecule has 0 bridgehead atoms. The van der Waals surface area contributed by atoms with Crippen LogP contribution in [-0.2, 0) is 12.8 Å². The molecule has 0 amide bonds. The van der Waals surface area contributed by atoms with Crippen molar-refractivity contribution in [3.05, 3.63) is 110 Å². The van der Waals surface area contributed by atoms with E-state index in [0.29, 0.717) is 15.6 Å².